The summed E-state index contributed by atoms with van der Waals surface area (Å²) in [5.41, 5.74) is 2.82. The van der Waals surface area contributed by atoms with E-state index in [1.807, 2.05) is 13.8 Å². The Kier molecular flexibility index (Phi) is 4.99. The summed E-state index contributed by atoms with van der Waals surface area (Å²) >= 11 is 3.61. The zero-order chi connectivity index (χ0) is 13.8. The number of rotatable bonds is 5. The van der Waals surface area contributed by atoms with Crippen LogP contribution >= 0.6 is 15.9 Å². The third kappa shape index (κ3) is 3.57. The first-order valence-electron chi connectivity index (χ1n) is 6.88. The lowest BCUT2D eigenvalue weighted by molar-refractivity contribution is -0.123. The Labute approximate surface area is 123 Å². The quantitative estimate of drug-likeness (QED) is 0.818. The van der Waals surface area contributed by atoms with E-state index < -0.39 is 0 Å². The Bertz CT molecular complexity index is 459. The molecule has 1 amide bonds. The summed E-state index contributed by atoms with van der Waals surface area (Å²) in [6, 6.07) is 6.80. The highest BCUT2D eigenvalue weighted by atomic mass is 79.9. The molecule has 2 N–H and O–H groups in total. The van der Waals surface area contributed by atoms with E-state index in [0.717, 1.165) is 19.4 Å². The molecule has 0 aliphatic heterocycles. The molecule has 0 bridgehead atoms. The van der Waals surface area contributed by atoms with Crippen molar-refractivity contribution in [2.75, 3.05) is 13.1 Å². The van der Waals surface area contributed by atoms with Gasteiger partial charge in [-0.2, -0.15) is 0 Å². The zero-order valence-electron chi connectivity index (χ0n) is 11.5. The second kappa shape index (κ2) is 6.53. The maximum Gasteiger partial charge on any atom is 0.222 e. The normalized spacial score (nSPS) is 17.6. The molecule has 2 rings (SSSR count). The first-order chi connectivity index (χ1) is 9.09. The van der Waals surface area contributed by atoms with E-state index in [2.05, 4.69) is 44.8 Å². The summed E-state index contributed by atoms with van der Waals surface area (Å²) in [4.78, 5) is 11.4. The van der Waals surface area contributed by atoms with Crippen LogP contribution in [-0.2, 0) is 11.2 Å². The van der Waals surface area contributed by atoms with Gasteiger partial charge in [0.2, 0.25) is 5.91 Å². The first-order valence-corrected chi connectivity index (χ1v) is 7.67. The summed E-state index contributed by atoms with van der Waals surface area (Å²) in [6.07, 6.45) is 2.25. The summed E-state index contributed by atoms with van der Waals surface area (Å²) in [7, 11) is 0. The SMILES string of the molecule is CC(C)C(=O)NCCNC1CCc2c(Br)cccc21. The minimum Gasteiger partial charge on any atom is -0.355 e. The maximum atomic E-state index is 11.4. The van der Waals surface area contributed by atoms with Crippen LogP contribution in [0.1, 0.15) is 37.4 Å². The lowest BCUT2D eigenvalue weighted by Crippen LogP contribution is -2.35. The van der Waals surface area contributed by atoms with Crippen LogP contribution in [0.4, 0.5) is 0 Å². The minimum atomic E-state index is 0.0585. The van der Waals surface area contributed by atoms with Gasteiger partial charge in [0, 0.05) is 29.5 Å². The average Bonchev–Trinajstić information content (AvgIpc) is 2.79. The van der Waals surface area contributed by atoms with Crippen LogP contribution in [0, 0.1) is 5.92 Å². The highest BCUT2D eigenvalue weighted by molar-refractivity contribution is 9.10. The van der Waals surface area contributed by atoms with Gasteiger partial charge in [0.1, 0.15) is 0 Å². The summed E-state index contributed by atoms with van der Waals surface area (Å²) < 4.78 is 1.21. The maximum absolute atomic E-state index is 11.4. The van der Waals surface area contributed by atoms with Crippen LogP contribution < -0.4 is 10.6 Å². The van der Waals surface area contributed by atoms with E-state index >= 15 is 0 Å². The standard InChI is InChI=1S/C15H21BrN2O/c1-10(2)15(19)18-9-8-17-14-7-6-11-12(14)4-3-5-13(11)16/h3-5,10,14,17H,6-9H2,1-2H3,(H,18,19). The van der Waals surface area contributed by atoms with Gasteiger partial charge < -0.3 is 10.6 Å². The number of benzene rings is 1. The van der Waals surface area contributed by atoms with Crippen molar-refractivity contribution >= 4 is 21.8 Å². The van der Waals surface area contributed by atoms with Crippen LogP contribution in [0.5, 0.6) is 0 Å². The monoisotopic (exact) mass is 324 g/mol. The second-order valence-corrected chi connectivity index (χ2v) is 6.15. The van der Waals surface area contributed by atoms with Crippen molar-refractivity contribution < 1.29 is 4.79 Å². The highest BCUT2D eigenvalue weighted by Gasteiger charge is 2.23. The molecular weight excluding hydrogens is 304 g/mol. The molecule has 0 spiro atoms. The molecule has 104 valence electrons. The van der Waals surface area contributed by atoms with Gasteiger partial charge in [-0.3, -0.25) is 4.79 Å². The van der Waals surface area contributed by atoms with Crippen LogP contribution in [0.3, 0.4) is 0 Å². The molecule has 3 nitrogen and oxygen atoms in total. The third-order valence-corrected chi connectivity index (χ3v) is 4.30. The van der Waals surface area contributed by atoms with E-state index in [1.165, 1.54) is 15.6 Å². The van der Waals surface area contributed by atoms with Crippen molar-refractivity contribution in [2.24, 2.45) is 5.92 Å². The third-order valence-electron chi connectivity index (χ3n) is 3.55. The van der Waals surface area contributed by atoms with Crippen molar-refractivity contribution in [3.8, 4) is 0 Å². The van der Waals surface area contributed by atoms with E-state index in [1.54, 1.807) is 0 Å². The van der Waals surface area contributed by atoms with Gasteiger partial charge in [-0.1, -0.05) is 41.9 Å². The number of fused-ring (bicyclic) bond motifs is 1. The molecule has 1 aliphatic rings. The molecule has 0 radical (unpaired) electrons. The number of halogens is 1. The predicted molar refractivity (Wildman–Crippen MR) is 81.1 cm³/mol. The number of nitrogens with one attached hydrogen (secondary N) is 2. The van der Waals surface area contributed by atoms with Crippen LogP contribution in [-0.4, -0.2) is 19.0 Å². The first kappa shape index (κ1) is 14.5. The Morgan fingerprint density at radius 2 is 2.21 bits per heavy atom. The number of hydrogen-bond acceptors (Lipinski definition) is 2. The van der Waals surface area contributed by atoms with Crippen molar-refractivity contribution in [3.05, 3.63) is 33.8 Å². The molecule has 1 aromatic rings. The fourth-order valence-electron chi connectivity index (χ4n) is 2.46. The fraction of sp³-hybridized carbons (Fsp3) is 0.533. The molecule has 0 heterocycles. The molecule has 1 aromatic carbocycles. The minimum absolute atomic E-state index is 0.0585. The molecule has 0 saturated carbocycles. The number of hydrogen-bond donors (Lipinski definition) is 2. The molecule has 0 aromatic heterocycles. The van der Waals surface area contributed by atoms with Gasteiger partial charge in [-0.15, -0.1) is 0 Å². The Balaban J connectivity index is 1.81. The van der Waals surface area contributed by atoms with Gasteiger partial charge >= 0.3 is 0 Å². The lowest BCUT2D eigenvalue weighted by Gasteiger charge is -2.15. The van der Waals surface area contributed by atoms with Crippen LogP contribution in [0.25, 0.3) is 0 Å². The number of amides is 1. The van der Waals surface area contributed by atoms with Crippen molar-refractivity contribution in [1.82, 2.24) is 10.6 Å². The zero-order valence-corrected chi connectivity index (χ0v) is 13.1. The molecule has 1 aliphatic carbocycles. The number of carbonyl (C=O) groups is 1. The Morgan fingerprint density at radius 1 is 1.42 bits per heavy atom. The van der Waals surface area contributed by atoms with Crippen molar-refractivity contribution in [2.45, 2.75) is 32.7 Å². The lowest BCUT2D eigenvalue weighted by atomic mass is 10.1. The van der Waals surface area contributed by atoms with E-state index in [9.17, 15) is 4.79 Å². The Morgan fingerprint density at radius 3 is 2.95 bits per heavy atom. The van der Waals surface area contributed by atoms with Crippen LogP contribution in [0.15, 0.2) is 22.7 Å². The smallest absolute Gasteiger partial charge is 0.222 e. The summed E-state index contributed by atoms with van der Waals surface area (Å²) in [5.74, 6) is 0.180. The summed E-state index contributed by atoms with van der Waals surface area (Å²) in [5, 5.41) is 6.45. The topological polar surface area (TPSA) is 41.1 Å². The average molecular weight is 325 g/mol. The van der Waals surface area contributed by atoms with Gasteiger partial charge in [0.05, 0.1) is 0 Å². The van der Waals surface area contributed by atoms with Gasteiger partial charge in [-0.05, 0) is 30.0 Å². The second-order valence-electron chi connectivity index (χ2n) is 5.30. The molecule has 0 fully saturated rings. The van der Waals surface area contributed by atoms with Gasteiger partial charge in [0.15, 0.2) is 0 Å². The predicted octanol–water partition coefficient (Wildman–Crippen LogP) is 2.80. The molecule has 4 heteroatoms. The van der Waals surface area contributed by atoms with Crippen molar-refractivity contribution in [1.29, 1.82) is 0 Å². The van der Waals surface area contributed by atoms with E-state index in [4.69, 9.17) is 0 Å². The largest absolute Gasteiger partial charge is 0.355 e. The van der Waals surface area contributed by atoms with Gasteiger partial charge in [0.25, 0.3) is 0 Å². The molecule has 1 atom stereocenters. The molecule has 1 unspecified atom stereocenters. The molecule has 0 saturated heterocycles. The summed E-state index contributed by atoms with van der Waals surface area (Å²) in [6.45, 7) is 5.33. The molecule has 19 heavy (non-hydrogen) atoms. The highest BCUT2D eigenvalue weighted by Crippen LogP contribution is 2.35. The van der Waals surface area contributed by atoms with E-state index in [-0.39, 0.29) is 11.8 Å². The number of carbonyl (C=O) groups excluding carboxylic acids is 1. The molecular formula is C15H21BrN2O. The van der Waals surface area contributed by atoms with Crippen molar-refractivity contribution in [3.63, 3.8) is 0 Å². The van der Waals surface area contributed by atoms with Gasteiger partial charge in [-0.25, -0.2) is 0 Å². The van der Waals surface area contributed by atoms with E-state index in [0.29, 0.717) is 12.6 Å². The Hall–Kier alpha value is -0.870. The van der Waals surface area contributed by atoms with Crippen LogP contribution in [0.2, 0.25) is 0 Å². The fourth-order valence-corrected chi connectivity index (χ4v) is 3.04.